The standard InChI is InChI=1S/C14H11Cl2F3N2/c1-2-20-13-6-9(14(17,18)19)5-12(21-13)8-3-10(15)7-11(16)4-8/h3-7H,2H2,1H3,(H,20,21). The van der Waals surface area contributed by atoms with E-state index in [9.17, 15) is 13.2 Å². The van der Waals surface area contributed by atoms with Crippen LogP contribution in [-0.4, -0.2) is 11.5 Å². The summed E-state index contributed by atoms with van der Waals surface area (Å²) in [5, 5.41) is 3.45. The van der Waals surface area contributed by atoms with Crippen LogP contribution in [0.1, 0.15) is 12.5 Å². The molecule has 7 heteroatoms. The van der Waals surface area contributed by atoms with Crippen molar-refractivity contribution >= 4 is 29.0 Å². The molecular weight excluding hydrogens is 324 g/mol. The highest BCUT2D eigenvalue weighted by Gasteiger charge is 2.31. The monoisotopic (exact) mass is 334 g/mol. The third-order valence-electron chi connectivity index (χ3n) is 2.67. The van der Waals surface area contributed by atoms with Gasteiger partial charge >= 0.3 is 6.18 Å². The molecular formula is C14H11Cl2F3N2. The van der Waals surface area contributed by atoms with Gasteiger partial charge in [-0.05, 0) is 37.3 Å². The van der Waals surface area contributed by atoms with E-state index in [1.165, 1.54) is 18.2 Å². The first-order chi connectivity index (χ1) is 9.79. The molecule has 112 valence electrons. The number of hydrogen-bond acceptors (Lipinski definition) is 2. The molecule has 1 aromatic carbocycles. The first-order valence-electron chi connectivity index (χ1n) is 6.09. The van der Waals surface area contributed by atoms with Crippen LogP contribution in [0.2, 0.25) is 10.0 Å². The Balaban J connectivity index is 2.59. The van der Waals surface area contributed by atoms with E-state index >= 15 is 0 Å². The highest BCUT2D eigenvalue weighted by Crippen LogP contribution is 2.34. The molecule has 0 unspecified atom stereocenters. The molecule has 0 saturated carbocycles. The largest absolute Gasteiger partial charge is 0.416 e. The Kier molecular flexibility index (Phi) is 4.64. The molecule has 2 rings (SSSR count). The number of alkyl halides is 3. The summed E-state index contributed by atoms with van der Waals surface area (Å²) in [5.74, 6) is 0.151. The smallest absolute Gasteiger partial charge is 0.370 e. The fraction of sp³-hybridized carbons (Fsp3) is 0.214. The first-order valence-corrected chi connectivity index (χ1v) is 6.85. The second-order valence-corrected chi connectivity index (χ2v) is 5.19. The van der Waals surface area contributed by atoms with Gasteiger partial charge in [0.1, 0.15) is 5.82 Å². The van der Waals surface area contributed by atoms with Gasteiger partial charge in [-0.25, -0.2) is 4.98 Å². The van der Waals surface area contributed by atoms with E-state index in [0.29, 0.717) is 22.2 Å². The summed E-state index contributed by atoms with van der Waals surface area (Å²) in [6.45, 7) is 2.24. The van der Waals surface area contributed by atoms with Gasteiger partial charge in [-0.3, -0.25) is 0 Å². The van der Waals surface area contributed by atoms with Crippen molar-refractivity contribution in [1.82, 2.24) is 4.98 Å². The number of nitrogens with zero attached hydrogens (tertiary/aromatic N) is 1. The molecule has 0 fully saturated rings. The van der Waals surface area contributed by atoms with Crippen molar-refractivity contribution in [2.45, 2.75) is 13.1 Å². The van der Waals surface area contributed by atoms with Crippen molar-refractivity contribution in [2.75, 3.05) is 11.9 Å². The SMILES string of the molecule is CCNc1cc(C(F)(F)F)cc(-c2cc(Cl)cc(Cl)c2)n1. The third-order valence-corrected chi connectivity index (χ3v) is 3.11. The minimum atomic E-state index is -4.45. The van der Waals surface area contributed by atoms with Gasteiger partial charge in [-0.15, -0.1) is 0 Å². The molecule has 0 radical (unpaired) electrons. The Hall–Kier alpha value is -1.46. The topological polar surface area (TPSA) is 24.9 Å². The molecule has 0 spiro atoms. The predicted octanol–water partition coefficient (Wildman–Crippen LogP) is 5.51. The summed E-state index contributed by atoms with van der Waals surface area (Å²) in [6, 6.07) is 6.49. The summed E-state index contributed by atoms with van der Waals surface area (Å²) in [7, 11) is 0. The van der Waals surface area contributed by atoms with Gasteiger partial charge in [0.25, 0.3) is 0 Å². The Morgan fingerprint density at radius 1 is 1.05 bits per heavy atom. The molecule has 1 aromatic heterocycles. The maximum atomic E-state index is 13.0. The lowest BCUT2D eigenvalue weighted by molar-refractivity contribution is -0.137. The zero-order chi connectivity index (χ0) is 15.6. The number of benzene rings is 1. The number of hydrogen-bond donors (Lipinski definition) is 1. The number of pyridine rings is 1. The molecule has 0 amide bonds. The summed E-state index contributed by atoms with van der Waals surface area (Å²) in [6.07, 6.45) is -4.45. The van der Waals surface area contributed by atoms with Gasteiger partial charge in [0.05, 0.1) is 11.3 Å². The van der Waals surface area contributed by atoms with Gasteiger partial charge in [0.2, 0.25) is 0 Å². The van der Waals surface area contributed by atoms with Crippen LogP contribution in [0.4, 0.5) is 19.0 Å². The summed E-state index contributed by atoms with van der Waals surface area (Å²) in [5.41, 5.74) is -0.192. The third kappa shape index (κ3) is 4.02. The number of rotatable bonds is 3. The fourth-order valence-electron chi connectivity index (χ4n) is 1.82. The molecule has 0 atom stereocenters. The highest BCUT2D eigenvalue weighted by molar-refractivity contribution is 6.35. The molecule has 1 heterocycles. The van der Waals surface area contributed by atoms with Crippen LogP contribution >= 0.6 is 23.2 Å². The summed E-state index contributed by atoms with van der Waals surface area (Å²) >= 11 is 11.8. The van der Waals surface area contributed by atoms with Crippen molar-refractivity contribution in [3.63, 3.8) is 0 Å². The van der Waals surface area contributed by atoms with Crippen molar-refractivity contribution < 1.29 is 13.2 Å². The van der Waals surface area contributed by atoms with Crippen LogP contribution in [0.15, 0.2) is 30.3 Å². The first kappa shape index (κ1) is 15.9. The predicted molar refractivity (Wildman–Crippen MR) is 78.9 cm³/mol. The van der Waals surface area contributed by atoms with Gasteiger partial charge in [0.15, 0.2) is 0 Å². The van der Waals surface area contributed by atoms with Crippen LogP contribution in [0, 0.1) is 0 Å². The molecule has 1 N–H and O–H groups in total. The second kappa shape index (κ2) is 6.12. The van der Waals surface area contributed by atoms with E-state index in [4.69, 9.17) is 23.2 Å². The van der Waals surface area contributed by atoms with Crippen LogP contribution in [0.3, 0.4) is 0 Å². The highest BCUT2D eigenvalue weighted by atomic mass is 35.5. The van der Waals surface area contributed by atoms with E-state index in [2.05, 4.69) is 10.3 Å². The number of halogens is 5. The zero-order valence-corrected chi connectivity index (χ0v) is 12.4. The lowest BCUT2D eigenvalue weighted by atomic mass is 10.1. The molecule has 2 nitrogen and oxygen atoms in total. The normalized spacial score (nSPS) is 11.5. The number of anilines is 1. The van der Waals surface area contributed by atoms with E-state index in [0.717, 1.165) is 12.1 Å². The van der Waals surface area contributed by atoms with Crippen molar-refractivity contribution in [3.05, 3.63) is 45.9 Å². The van der Waals surface area contributed by atoms with Crippen molar-refractivity contribution in [3.8, 4) is 11.3 Å². The Labute approximate surface area is 129 Å². The Bertz CT molecular complexity index is 637. The van der Waals surface area contributed by atoms with Crippen LogP contribution in [0.25, 0.3) is 11.3 Å². The molecule has 0 saturated heterocycles. The van der Waals surface area contributed by atoms with Gasteiger partial charge in [-0.1, -0.05) is 23.2 Å². The van der Waals surface area contributed by atoms with Crippen molar-refractivity contribution in [2.24, 2.45) is 0 Å². The van der Waals surface area contributed by atoms with Crippen LogP contribution in [0.5, 0.6) is 0 Å². The minimum Gasteiger partial charge on any atom is -0.370 e. The Morgan fingerprint density at radius 3 is 2.19 bits per heavy atom. The quantitative estimate of drug-likeness (QED) is 0.800. The lowest BCUT2D eigenvalue weighted by Crippen LogP contribution is -2.08. The minimum absolute atomic E-state index is 0.151. The fourth-order valence-corrected chi connectivity index (χ4v) is 2.34. The second-order valence-electron chi connectivity index (χ2n) is 4.31. The average molecular weight is 335 g/mol. The summed E-state index contributed by atoms with van der Waals surface area (Å²) in [4.78, 5) is 4.16. The number of nitrogens with one attached hydrogen (secondary N) is 1. The molecule has 0 aliphatic rings. The maximum Gasteiger partial charge on any atom is 0.416 e. The van der Waals surface area contributed by atoms with E-state index in [-0.39, 0.29) is 11.5 Å². The maximum absolute atomic E-state index is 13.0. The molecule has 0 bridgehead atoms. The Morgan fingerprint density at radius 2 is 1.67 bits per heavy atom. The summed E-state index contributed by atoms with van der Waals surface area (Å²) < 4.78 is 38.9. The van der Waals surface area contributed by atoms with Crippen molar-refractivity contribution in [1.29, 1.82) is 0 Å². The lowest BCUT2D eigenvalue weighted by Gasteiger charge is -2.12. The van der Waals surface area contributed by atoms with Crippen LogP contribution < -0.4 is 5.32 Å². The molecule has 0 aliphatic carbocycles. The number of aromatic nitrogens is 1. The van der Waals surface area contributed by atoms with E-state index in [1.54, 1.807) is 6.92 Å². The molecule has 21 heavy (non-hydrogen) atoms. The van der Waals surface area contributed by atoms with Gasteiger partial charge in [0, 0.05) is 22.2 Å². The average Bonchev–Trinajstić information content (AvgIpc) is 2.36. The van der Waals surface area contributed by atoms with E-state index in [1.807, 2.05) is 0 Å². The van der Waals surface area contributed by atoms with Crippen LogP contribution in [-0.2, 0) is 6.18 Å². The van der Waals surface area contributed by atoms with Gasteiger partial charge in [-0.2, -0.15) is 13.2 Å². The van der Waals surface area contributed by atoms with E-state index < -0.39 is 11.7 Å². The van der Waals surface area contributed by atoms with Gasteiger partial charge < -0.3 is 5.32 Å². The molecule has 2 aromatic rings. The molecule has 0 aliphatic heterocycles. The zero-order valence-electron chi connectivity index (χ0n) is 10.9.